The fraction of sp³-hybridized carbons (Fsp3) is 0.261. The van der Waals surface area contributed by atoms with E-state index in [0.717, 1.165) is 4.90 Å². The number of hydrogen-bond acceptors (Lipinski definition) is 7. The van der Waals surface area contributed by atoms with Gasteiger partial charge in [0.2, 0.25) is 11.8 Å². The highest BCUT2D eigenvalue weighted by molar-refractivity contribution is 8.00. The smallest absolute Gasteiger partial charge is 0.352 e. The Balaban J connectivity index is 1.55. The van der Waals surface area contributed by atoms with Crippen molar-refractivity contribution in [2.45, 2.75) is 23.6 Å². The predicted octanol–water partition coefficient (Wildman–Crippen LogP) is 0.531. The molecule has 2 aliphatic heterocycles. The Hall–Kier alpha value is -3.55. The van der Waals surface area contributed by atoms with Gasteiger partial charge >= 0.3 is 5.97 Å². The molecule has 1 aromatic carbocycles. The van der Waals surface area contributed by atoms with Crippen LogP contribution in [-0.2, 0) is 31.0 Å². The first-order valence-electron chi connectivity index (χ1n) is 10.7. The summed E-state index contributed by atoms with van der Waals surface area (Å²) in [6.45, 7) is 0.266. The minimum Gasteiger partial charge on any atom is -0.477 e. The minimum atomic E-state index is -4.90. The summed E-state index contributed by atoms with van der Waals surface area (Å²) in [7, 11) is -4.90. The zero-order chi connectivity index (χ0) is 26.2. The molecule has 1 saturated heterocycles. The highest BCUT2D eigenvalue weighted by Crippen LogP contribution is 2.46. The number of primary amides is 1. The zero-order valence-corrected chi connectivity index (χ0v) is 20.3. The number of hydrogen-bond donors (Lipinski definition) is 3. The summed E-state index contributed by atoms with van der Waals surface area (Å²) >= 11 is 1.29. The van der Waals surface area contributed by atoms with Gasteiger partial charge in [-0.05, 0) is 17.7 Å². The highest BCUT2D eigenvalue weighted by atomic mass is 32.2. The monoisotopic (exact) mass is 532 g/mol. The van der Waals surface area contributed by atoms with Gasteiger partial charge in [-0.2, -0.15) is 8.42 Å². The zero-order valence-electron chi connectivity index (χ0n) is 18.7. The second kappa shape index (κ2) is 9.84. The third-order valence-electron chi connectivity index (χ3n) is 6.02. The third-order valence-corrected chi connectivity index (χ3v) is 8.55. The number of amides is 2. The third kappa shape index (κ3) is 4.90. The first-order chi connectivity index (χ1) is 17.0. The van der Waals surface area contributed by atoms with Crippen LogP contribution < -0.4 is 10.3 Å². The number of benzene rings is 1. The van der Waals surface area contributed by atoms with Gasteiger partial charge in [0.15, 0.2) is 30.0 Å². The fourth-order valence-corrected chi connectivity index (χ4v) is 6.70. The SMILES string of the molecule is NC(=O)c1ccc(C(C(=O)C[C@@H]2C(=O)N3C(C(=O)O)=C(C[n+]4ccccc4)CS[C@H]23)S(=O)(=O)O)cc1. The van der Waals surface area contributed by atoms with Gasteiger partial charge in [-0.15, -0.1) is 11.8 Å². The number of pyridine rings is 1. The topological polar surface area (TPSA) is 176 Å². The number of nitrogens with two attached hydrogens (primary N) is 1. The molecular formula is C23H22N3O8S2+. The minimum absolute atomic E-state index is 0.0827. The number of carbonyl (C=O) groups excluding carboxylic acids is 3. The van der Waals surface area contributed by atoms with E-state index in [4.69, 9.17) is 5.73 Å². The number of aromatic nitrogens is 1. The number of Topliss-reactive ketones (excluding diaryl/α,β-unsaturated/α-hetero) is 1. The maximum atomic E-state index is 13.0. The number of thioether (sulfide) groups is 1. The lowest BCUT2D eigenvalue weighted by molar-refractivity contribution is -0.689. The number of ketones is 1. The van der Waals surface area contributed by atoms with E-state index in [1.54, 1.807) is 29.1 Å². The molecule has 1 aromatic heterocycles. The summed E-state index contributed by atoms with van der Waals surface area (Å²) in [5.74, 6) is -4.19. The Morgan fingerprint density at radius 2 is 1.78 bits per heavy atom. The van der Waals surface area contributed by atoms with Crippen LogP contribution in [0.4, 0.5) is 0 Å². The van der Waals surface area contributed by atoms with Gasteiger partial charge in [-0.25, -0.2) is 9.36 Å². The van der Waals surface area contributed by atoms with Gasteiger partial charge in [-0.3, -0.25) is 23.8 Å². The van der Waals surface area contributed by atoms with Crippen molar-refractivity contribution >= 4 is 45.4 Å². The van der Waals surface area contributed by atoms with Crippen LogP contribution >= 0.6 is 11.8 Å². The molecule has 3 heterocycles. The van der Waals surface area contributed by atoms with Crippen molar-refractivity contribution in [3.8, 4) is 0 Å². The summed E-state index contributed by atoms with van der Waals surface area (Å²) in [5.41, 5.74) is 5.57. The van der Waals surface area contributed by atoms with E-state index in [0.29, 0.717) is 11.3 Å². The molecule has 1 unspecified atom stereocenters. The average Bonchev–Trinajstić information content (AvgIpc) is 2.82. The maximum absolute atomic E-state index is 13.0. The number of fused-ring (bicyclic) bond motifs is 1. The van der Waals surface area contributed by atoms with Crippen LogP contribution in [0, 0.1) is 5.92 Å². The van der Waals surface area contributed by atoms with Crippen LogP contribution in [0.3, 0.4) is 0 Å². The maximum Gasteiger partial charge on any atom is 0.352 e. The van der Waals surface area contributed by atoms with E-state index in [9.17, 15) is 37.3 Å². The van der Waals surface area contributed by atoms with E-state index >= 15 is 0 Å². The second-order valence-electron chi connectivity index (χ2n) is 8.37. The van der Waals surface area contributed by atoms with Crippen LogP contribution in [0.25, 0.3) is 0 Å². The number of rotatable bonds is 9. The molecule has 11 nitrogen and oxygen atoms in total. The Labute approximate surface area is 210 Å². The Morgan fingerprint density at radius 1 is 1.14 bits per heavy atom. The van der Waals surface area contributed by atoms with Gasteiger partial charge in [0.25, 0.3) is 10.1 Å². The molecule has 0 aliphatic carbocycles. The van der Waals surface area contributed by atoms with Gasteiger partial charge in [0, 0.05) is 35.4 Å². The van der Waals surface area contributed by atoms with Crippen molar-refractivity contribution in [1.82, 2.24) is 4.90 Å². The van der Waals surface area contributed by atoms with Crippen molar-refractivity contribution < 1.29 is 41.8 Å². The normalized spacial score (nSPS) is 20.4. The van der Waals surface area contributed by atoms with Crippen molar-refractivity contribution in [3.05, 3.63) is 77.3 Å². The Morgan fingerprint density at radius 3 is 2.33 bits per heavy atom. The van der Waals surface area contributed by atoms with Crippen LogP contribution in [0.5, 0.6) is 0 Å². The van der Waals surface area contributed by atoms with E-state index in [-0.39, 0.29) is 23.4 Å². The predicted molar refractivity (Wildman–Crippen MR) is 127 cm³/mol. The molecule has 0 spiro atoms. The fourth-order valence-electron chi connectivity index (χ4n) is 4.37. The average molecular weight is 533 g/mol. The molecule has 13 heteroatoms. The van der Waals surface area contributed by atoms with Crippen molar-refractivity contribution in [2.24, 2.45) is 11.7 Å². The number of carbonyl (C=O) groups is 4. The summed E-state index contributed by atoms with van der Waals surface area (Å²) < 4.78 is 35.6. The molecule has 0 saturated carbocycles. The van der Waals surface area contributed by atoms with Gasteiger partial charge in [0.05, 0.1) is 11.3 Å². The first-order valence-corrected chi connectivity index (χ1v) is 13.3. The van der Waals surface area contributed by atoms with Crippen molar-refractivity contribution in [2.75, 3.05) is 5.75 Å². The molecule has 1 fully saturated rings. The van der Waals surface area contributed by atoms with Crippen LogP contribution in [0.2, 0.25) is 0 Å². The number of carboxylic acid groups (broad SMARTS) is 1. The van der Waals surface area contributed by atoms with E-state index in [1.807, 2.05) is 6.07 Å². The van der Waals surface area contributed by atoms with Crippen molar-refractivity contribution in [3.63, 3.8) is 0 Å². The summed E-state index contributed by atoms with van der Waals surface area (Å²) in [4.78, 5) is 50.4. The molecular weight excluding hydrogens is 510 g/mol. The molecule has 3 atom stereocenters. The van der Waals surface area contributed by atoms with E-state index in [2.05, 4.69) is 0 Å². The van der Waals surface area contributed by atoms with Gasteiger partial charge in [-0.1, -0.05) is 18.2 Å². The molecule has 36 heavy (non-hydrogen) atoms. The molecule has 4 N–H and O–H groups in total. The number of carboxylic acids is 1. The van der Waals surface area contributed by atoms with Gasteiger partial charge in [0.1, 0.15) is 5.70 Å². The van der Waals surface area contributed by atoms with Crippen LogP contribution in [0.1, 0.15) is 27.6 Å². The summed E-state index contributed by atoms with van der Waals surface area (Å²) in [6, 6.07) is 10.3. The van der Waals surface area contributed by atoms with Crippen molar-refractivity contribution in [1.29, 1.82) is 0 Å². The summed E-state index contributed by atoms with van der Waals surface area (Å²) in [5, 5.41) is 7.20. The largest absolute Gasteiger partial charge is 0.477 e. The van der Waals surface area contributed by atoms with E-state index in [1.165, 1.54) is 36.0 Å². The quantitative estimate of drug-likeness (QED) is 0.236. The Bertz CT molecular complexity index is 1370. The van der Waals surface area contributed by atoms with Gasteiger partial charge < -0.3 is 10.8 Å². The molecule has 0 bridgehead atoms. The standard InChI is InChI=1S/C23H21N3O8S2/c24-20(28)14-6-4-13(5-7-14)19(36(32,33)34)17(27)10-16-21(29)26-18(23(30)31)15(12-35-22(16)26)11-25-8-2-1-3-9-25/h1-9,16,19,22H,10-12H2,(H3-,24,28,30,31,32,33,34)/p+1/t16-,19?,22-/m1/s1. The molecule has 188 valence electrons. The van der Waals surface area contributed by atoms with Crippen LogP contribution in [-0.4, -0.2) is 57.7 Å². The molecule has 2 aliphatic rings. The molecule has 2 aromatic rings. The molecule has 0 radical (unpaired) electrons. The highest BCUT2D eigenvalue weighted by Gasteiger charge is 2.55. The number of aliphatic carboxylic acids is 1. The first kappa shape index (κ1) is 25.5. The lowest BCUT2D eigenvalue weighted by atomic mass is 9.88. The lowest BCUT2D eigenvalue weighted by Gasteiger charge is -2.49. The Kier molecular flexibility index (Phi) is 6.98. The van der Waals surface area contributed by atoms with Crippen LogP contribution in [0.15, 0.2) is 66.1 Å². The van der Waals surface area contributed by atoms with E-state index < -0.39 is 56.6 Å². The molecule has 2 amide bonds. The number of β-lactam (4-membered cyclic amide) rings is 1. The molecule has 4 rings (SSSR count). The lowest BCUT2D eigenvalue weighted by Crippen LogP contribution is -2.62. The number of nitrogens with zero attached hydrogens (tertiary/aromatic N) is 2. The second-order valence-corrected chi connectivity index (χ2v) is 11.0. The summed E-state index contributed by atoms with van der Waals surface area (Å²) in [6.07, 6.45) is 3.03.